The summed E-state index contributed by atoms with van der Waals surface area (Å²) >= 11 is 3.30. The van der Waals surface area contributed by atoms with Crippen molar-refractivity contribution in [1.82, 2.24) is 4.90 Å². The molecule has 8 heteroatoms. The molecule has 28 heavy (non-hydrogen) atoms. The second-order valence-electron chi connectivity index (χ2n) is 6.10. The molecule has 1 heterocycles. The van der Waals surface area contributed by atoms with E-state index in [1.54, 1.807) is 30.3 Å². The molecule has 1 aliphatic heterocycles. The molecule has 2 aromatic rings. The molecule has 0 aromatic heterocycles. The van der Waals surface area contributed by atoms with Crippen molar-refractivity contribution in [3.05, 3.63) is 92.5 Å². The van der Waals surface area contributed by atoms with Crippen LogP contribution >= 0.6 is 15.9 Å². The van der Waals surface area contributed by atoms with Crippen LogP contribution in [0.1, 0.15) is 17.2 Å². The van der Waals surface area contributed by atoms with E-state index in [1.807, 2.05) is 0 Å². The molecule has 2 aromatic carbocycles. The smallest absolute Gasteiger partial charge is 0.295 e. The summed E-state index contributed by atoms with van der Waals surface area (Å²) in [5.41, 5.74) is 0.421. The van der Waals surface area contributed by atoms with Crippen LogP contribution in [0.3, 0.4) is 0 Å². The molecule has 0 saturated carbocycles. The number of nitrogens with zero attached hydrogens (tertiary/aromatic N) is 2. The number of non-ortho nitro benzene ring substituents is 1. The first-order chi connectivity index (χ1) is 13.3. The molecular weight excluding hydrogens is 428 g/mol. The Labute approximate surface area is 168 Å². The molecule has 0 aliphatic carbocycles. The van der Waals surface area contributed by atoms with Crippen molar-refractivity contribution in [1.29, 1.82) is 0 Å². The highest BCUT2D eigenvalue weighted by Crippen LogP contribution is 2.40. The Kier molecular flexibility index (Phi) is 5.41. The van der Waals surface area contributed by atoms with Gasteiger partial charge in [-0.3, -0.25) is 19.7 Å². The normalized spacial score (nSPS) is 18.3. The monoisotopic (exact) mass is 442 g/mol. The predicted molar refractivity (Wildman–Crippen MR) is 106 cm³/mol. The van der Waals surface area contributed by atoms with Crippen LogP contribution in [0.15, 0.2) is 71.2 Å². The number of aliphatic hydroxyl groups is 1. The van der Waals surface area contributed by atoms with Crippen molar-refractivity contribution in [2.45, 2.75) is 6.04 Å². The van der Waals surface area contributed by atoms with Crippen LogP contribution in [0.4, 0.5) is 5.69 Å². The van der Waals surface area contributed by atoms with E-state index in [0.29, 0.717) is 11.1 Å². The van der Waals surface area contributed by atoms with Gasteiger partial charge in [0.2, 0.25) is 0 Å². The van der Waals surface area contributed by atoms with Crippen molar-refractivity contribution in [3.63, 3.8) is 0 Å². The zero-order valence-corrected chi connectivity index (χ0v) is 16.1. The molecule has 7 nitrogen and oxygen atoms in total. The molecule has 1 amide bonds. The van der Waals surface area contributed by atoms with Gasteiger partial charge in [-0.05, 0) is 17.7 Å². The number of halogens is 1. The SMILES string of the molecule is C=CCN1C(=O)C(=O)/C(=C(\O)c2ccc(Br)cc2)[C@@H]1c1cccc([N+](=O)[O-])c1. The zero-order chi connectivity index (χ0) is 20.4. The van der Waals surface area contributed by atoms with Crippen LogP contribution in [0, 0.1) is 10.1 Å². The van der Waals surface area contributed by atoms with Crippen molar-refractivity contribution in [2.24, 2.45) is 0 Å². The highest BCUT2D eigenvalue weighted by Gasteiger charge is 2.45. The van der Waals surface area contributed by atoms with Gasteiger partial charge >= 0.3 is 0 Å². The average molecular weight is 443 g/mol. The average Bonchev–Trinajstić information content (AvgIpc) is 2.93. The maximum atomic E-state index is 12.7. The summed E-state index contributed by atoms with van der Waals surface area (Å²) in [4.78, 5) is 37.1. The highest BCUT2D eigenvalue weighted by molar-refractivity contribution is 9.10. The van der Waals surface area contributed by atoms with Gasteiger partial charge in [-0.15, -0.1) is 6.58 Å². The van der Waals surface area contributed by atoms with Gasteiger partial charge in [0.25, 0.3) is 17.4 Å². The van der Waals surface area contributed by atoms with Crippen molar-refractivity contribution in [2.75, 3.05) is 6.54 Å². The number of Topliss-reactive ketones (excluding diaryl/α,β-unsaturated/α-hetero) is 1. The number of aliphatic hydroxyl groups excluding tert-OH is 1. The fourth-order valence-corrected chi connectivity index (χ4v) is 3.39. The Bertz CT molecular complexity index is 1010. The maximum Gasteiger partial charge on any atom is 0.295 e. The van der Waals surface area contributed by atoms with Gasteiger partial charge in [0, 0.05) is 28.7 Å². The molecule has 142 valence electrons. The van der Waals surface area contributed by atoms with E-state index >= 15 is 0 Å². The van der Waals surface area contributed by atoms with Crippen LogP contribution < -0.4 is 0 Å². The van der Waals surface area contributed by atoms with Crippen molar-refractivity contribution < 1.29 is 19.6 Å². The van der Waals surface area contributed by atoms with E-state index in [2.05, 4.69) is 22.5 Å². The van der Waals surface area contributed by atoms with Crippen LogP contribution in [-0.2, 0) is 9.59 Å². The first-order valence-corrected chi connectivity index (χ1v) is 9.04. The fraction of sp³-hybridized carbons (Fsp3) is 0.100. The summed E-state index contributed by atoms with van der Waals surface area (Å²) in [6.07, 6.45) is 1.45. The first-order valence-electron chi connectivity index (χ1n) is 8.24. The summed E-state index contributed by atoms with van der Waals surface area (Å²) in [6.45, 7) is 3.65. The summed E-state index contributed by atoms with van der Waals surface area (Å²) in [6, 6.07) is 11.3. The second kappa shape index (κ2) is 7.77. The number of nitro benzene ring substituents is 1. The number of carbonyl (C=O) groups excluding carboxylic acids is 2. The molecule has 0 spiro atoms. The summed E-state index contributed by atoms with van der Waals surface area (Å²) < 4.78 is 0.784. The number of likely N-dealkylation sites (tertiary alicyclic amines) is 1. The van der Waals surface area contributed by atoms with Gasteiger partial charge in [0.1, 0.15) is 5.76 Å². The van der Waals surface area contributed by atoms with Crippen LogP contribution in [0.2, 0.25) is 0 Å². The van der Waals surface area contributed by atoms with Crippen LogP contribution in [0.25, 0.3) is 5.76 Å². The Balaban J connectivity index is 2.22. The number of carbonyl (C=O) groups is 2. The zero-order valence-electron chi connectivity index (χ0n) is 14.5. The predicted octanol–water partition coefficient (Wildman–Crippen LogP) is 3.97. The van der Waals surface area contributed by atoms with Gasteiger partial charge in [-0.25, -0.2) is 0 Å². The third-order valence-corrected chi connectivity index (χ3v) is 4.91. The lowest BCUT2D eigenvalue weighted by atomic mass is 9.95. The topological polar surface area (TPSA) is 101 Å². The van der Waals surface area contributed by atoms with E-state index < -0.39 is 22.7 Å². The molecule has 0 unspecified atom stereocenters. The number of hydrogen-bond donors (Lipinski definition) is 1. The fourth-order valence-electron chi connectivity index (χ4n) is 3.13. The number of hydrogen-bond acceptors (Lipinski definition) is 5. The Morgan fingerprint density at radius 3 is 2.54 bits per heavy atom. The molecule has 0 bridgehead atoms. The third kappa shape index (κ3) is 3.46. The lowest BCUT2D eigenvalue weighted by Crippen LogP contribution is -2.29. The molecule has 1 N–H and O–H groups in total. The minimum Gasteiger partial charge on any atom is -0.507 e. The van der Waals surface area contributed by atoms with E-state index in [1.165, 1.54) is 29.2 Å². The first kappa shape index (κ1) is 19.5. The largest absolute Gasteiger partial charge is 0.507 e. The minimum absolute atomic E-state index is 0.0506. The lowest BCUT2D eigenvalue weighted by Gasteiger charge is -2.23. The number of amides is 1. The summed E-state index contributed by atoms with van der Waals surface area (Å²) in [5, 5.41) is 21.9. The van der Waals surface area contributed by atoms with Gasteiger partial charge in [-0.2, -0.15) is 0 Å². The van der Waals surface area contributed by atoms with Gasteiger partial charge in [-0.1, -0.05) is 46.3 Å². The molecule has 1 aliphatic rings. The number of nitro groups is 1. The molecule has 1 atom stereocenters. The molecule has 0 radical (unpaired) electrons. The Morgan fingerprint density at radius 1 is 1.25 bits per heavy atom. The third-order valence-electron chi connectivity index (χ3n) is 4.38. The lowest BCUT2D eigenvalue weighted by molar-refractivity contribution is -0.384. The standard InChI is InChI=1S/C20H15BrN2O5/c1-2-10-22-17(13-4-3-5-15(11-13)23(27)28)16(19(25)20(22)26)18(24)12-6-8-14(21)9-7-12/h2-9,11,17,24H,1,10H2/b18-16-/t17-/m0/s1. The molecule has 1 saturated heterocycles. The second-order valence-corrected chi connectivity index (χ2v) is 7.01. The molecular formula is C20H15BrN2O5. The van der Waals surface area contributed by atoms with Gasteiger partial charge in [0.15, 0.2) is 0 Å². The number of rotatable bonds is 5. The molecule has 3 rings (SSSR count). The van der Waals surface area contributed by atoms with Gasteiger partial charge < -0.3 is 10.0 Å². The number of benzene rings is 2. The maximum absolute atomic E-state index is 12.7. The van der Waals surface area contributed by atoms with Crippen LogP contribution in [0.5, 0.6) is 0 Å². The van der Waals surface area contributed by atoms with E-state index in [9.17, 15) is 24.8 Å². The van der Waals surface area contributed by atoms with Crippen LogP contribution in [-0.4, -0.2) is 33.2 Å². The van der Waals surface area contributed by atoms with Gasteiger partial charge in [0.05, 0.1) is 16.5 Å². The Morgan fingerprint density at radius 2 is 1.93 bits per heavy atom. The highest BCUT2D eigenvalue weighted by atomic mass is 79.9. The molecule has 1 fully saturated rings. The minimum atomic E-state index is -0.957. The van der Waals surface area contributed by atoms with E-state index in [0.717, 1.165) is 4.47 Å². The summed E-state index contributed by atoms with van der Waals surface area (Å²) in [7, 11) is 0. The van der Waals surface area contributed by atoms with Crippen molar-refractivity contribution >= 4 is 39.1 Å². The Hall–Kier alpha value is -3.26. The van der Waals surface area contributed by atoms with E-state index in [4.69, 9.17) is 0 Å². The number of ketones is 1. The van der Waals surface area contributed by atoms with E-state index in [-0.39, 0.29) is 23.6 Å². The van der Waals surface area contributed by atoms with Crippen molar-refractivity contribution in [3.8, 4) is 0 Å². The summed E-state index contributed by atoms with van der Waals surface area (Å²) in [5.74, 6) is -1.98. The quantitative estimate of drug-likeness (QED) is 0.188.